The van der Waals surface area contributed by atoms with E-state index in [1.165, 1.54) is 4.31 Å². The number of nitrogens with zero attached hydrogens (tertiary/aromatic N) is 2. The summed E-state index contributed by atoms with van der Waals surface area (Å²) in [6.07, 6.45) is 2.40. The Morgan fingerprint density at radius 3 is 2.74 bits per heavy atom. The van der Waals surface area contributed by atoms with Crippen LogP contribution in [0, 0.1) is 0 Å². The Balaban J connectivity index is 2.27. The molecule has 1 unspecified atom stereocenters. The van der Waals surface area contributed by atoms with Gasteiger partial charge in [0.05, 0.1) is 12.0 Å². The number of hydrogen-bond acceptors (Lipinski definition) is 3. The van der Waals surface area contributed by atoms with E-state index in [1.807, 2.05) is 11.5 Å². The van der Waals surface area contributed by atoms with E-state index in [0.717, 1.165) is 12.1 Å². The Hall–Kier alpha value is -0.560. The van der Waals surface area contributed by atoms with Gasteiger partial charge in [0.1, 0.15) is 4.90 Å². The molecular formula is C12H19ClN2O3S. The van der Waals surface area contributed by atoms with Gasteiger partial charge in [-0.2, -0.15) is 4.31 Å². The maximum absolute atomic E-state index is 12.5. The third-order valence-corrected chi connectivity index (χ3v) is 5.62. The predicted molar refractivity (Wildman–Crippen MR) is 73.8 cm³/mol. The van der Waals surface area contributed by atoms with Crippen LogP contribution < -0.4 is 0 Å². The predicted octanol–water partition coefficient (Wildman–Crippen LogP) is 1.66. The molecule has 0 saturated carbocycles. The molecule has 5 nitrogen and oxygen atoms in total. The Bertz CT molecular complexity index is 520. The molecule has 2 rings (SSSR count). The summed E-state index contributed by atoms with van der Waals surface area (Å²) in [5.74, 6) is 0.310. The van der Waals surface area contributed by atoms with Crippen LogP contribution in [0.3, 0.4) is 0 Å². The third-order valence-electron chi connectivity index (χ3n) is 3.52. The lowest BCUT2D eigenvalue weighted by atomic mass is 10.3. The van der Waals surface area contributed by atoms with Crippen molar-refractivity contribution in [1.82, 2.24) is 8.87 Å². The molecule has 0 radical (unpaired) electrons. The largest absolute Gasteiger partial charge is 0.380 e. The van der Waals surface area contributed by atoms with Gasteiger partial charge in [0.25, 0.3) is 0 Å². The highest BCUT2D eigenvalue weighted by Crippen LogP contribution is 2.24. The van der Waals surface area contributed by atoms with E-state index in [4.69, 9.17) is 16.3 Å². The molecule has 0 spiro atoms. The summed E-state index contributed by atoms with van der Waals surface area (Å²) in [5, 5.41) is 0. The van der Waals surface area contributed by atoms with Crippen molar-refractivity contribution < 1.29 is 13.2 Å². The summed E-state index contributed by atoms with van der Waals surface area (Å²) < 4.78 is 33.6. The zero-order valence-corrected chi connectivity index (χ0v) is 12.7. The summed E-state index contributed by atoms with van der Waals surface area (Å²) in [7, 11) is -1.82. The van der Waals surface area contributed by atoms with Crippen molar-refractivity contribution >= 4 is 21.6 Å². The number of methoxy groups -OCH3 is 1. The first kappa shape index (κ1) is 14.8. The smallest absolute Gasteiger partial charge is 0.244 e. The second kappa shape index (κ2) is 5.83. The quantitative estimate of drug-likeness (QED) is 0.777. The number of hydrogen-bond donors (Lipinski definition) is 0. The second-order valence-electron chi connectivity index (χ2n) is 4.60. The normalized spacial score (nSPS) is 21.1. The molecule has 19 heavy (non-hydrogen) atoms. The Morgan fingerprint density at radius 1 is 1.53 bits per heavy atom. The second-order valence-corrected chi connectivity index (χ2v) is 6.80. The average molecular weight is 307 g/mol. The minimum absolute atomic E-state index is 0.00414. The third kappa shape index (κ3) is 2.81. The standard InChI is InChI=1S/C12H19ClN2O3S/c1-3-14-9-12(6-10(14)7-13)19(16,17)15-5-4-11(8-15)18-2/h6,9,11H,3-5,7-8H2,1-2H3. The van der Waals surface area contributed by atoms with E-state index in [2.05, 4.69) is 0 Å². The fourth-order valence-electron chi connectivity index (χ4n) is 2.33. The minimum Gasteiger partial charge on any atom is -0.380 e. The number of aromatic nitrogens is 1. The Morgan fingerprint density at radius 2 is 2.26 bits per heavy atom. The van der Waals surface area contributed by atoms with Gasteiger partial charge in [0.15, 0.2) is 0 Å². The van der Waals surface area contributed by atoms with Crippen LogP contribution in [-0.2, 0) is 27.2 Å². The fraction of sp³-hybridized carbons (Fsp3) is 0.667. The van der Waals surface area contributed by atoms with Crippen LogP contribution in [0.2, 0.25) is 0 Å². The summed E-state index contributed by atoms with van der Waals surface area (Å²) in [6.45, 7) is 3.60. The number of sulfonamides is 1. The highest BCUT2D eigenvalue weighted by Gasteiger charge is 2.33. The molecule has 1 atom stereocenters. The summed E-state index contributed by atoms with van der Waals surface area (Å²) in [5.41, 5.74) is 0.824. The number of aryl methyl sites for hydroxylation is 1. The number of rotatable bonds is 5. The van der Waals surface area contributed by atoms with Gasteiger partial charge in [-0.3, -0.25) is 0 Å². The number of alkyl halides is 1. The van der Waals surface area contributed by atoms with Gasteiger partial charge in [-0.25, -0.2) is 8.42 Å². The van der Waals surface area contributed by atoms with Crippen LogP contribution in [0.25, 0.3) is 0 Å². The van der Waals surface area contributed by atoms with Crippen LogP contribution in [0.15, 0.2) is 17.2 Å². The minimum atomic E-state index is -3.43. The van der Waals surface area contributed by atoms with Gasteiger partial charge in [-0.05, 0) is 19.4 Å². The topological polar surface area (TPSA) is 51.5 Å². The van der Waals surface area contributed by atoms with Crippen molar-refractivity contribution in [3.05, 3.63) is 18.0 Å². The van der Waals surface area contributed by atoms with Crippen molar-refractivity contribution in [1.29, 1.82) is 0 Å². The van der Waals surface area contributed by atoms with Gasteiger partial charge in [0, 0.05) is 38.6 Å². The van der Waals surface area contributed by atoms with Crippen LogP contribution in [-0.4, -0.2) is 43.6 Å². The van der Waals surface area contributed by atoms with Gasteiger partial charge in [-0.1, -0.05) is 0 Å². The van der Waals surface area contributed by atoms with Gasteiger partial charge in [-0.15, -0.1) is 11.6 Å². The lowest BCUT2D eigenvalue weighted by Crippen LogP contribution is -2.29. The van der Waals surface area contributed by atoms with Gasteiger partial charge in [0.2, 0.25) is 10.0 Å². The van der Waals surface area contributed by atoms with Crippen LogP contribution >= 0.6 is 11.6 Å². The highest BCUT2D eigenvalue weighted by molar-refractivity contribution is 7.89. The fourth-order valence-corrected chi connectivity index (χ4v) is 4.11. The molecule has 0 amide bonds. The van der Waals surface area contributed by atoms with E-state index in [0.29, 0.717) is 30.4 Å². The molecule has 1 aromatic heterocycles. The molecule has 0 aliphatic carbocycles. The zero-order valence-electron chi connectivity index (χ0n) is 11.2. The molecule has 0 aromatic carbocycles. The van der Waals surface area contributed by atoms with Crippen molar-refractivity contribution in [3.63, 3.8) is 0 Å². The lowest BCUT2D eigenvalue weighted by Gasteiger charge is -2.15. The maximum Gasteiger partial charge on any atom is 0.244 e. The molecule has 1 aliphatic rings. The summed E-state index contributed by atoms with van der Waals surface area (Å²) in [6, 6.07) is 1.66. The molecule has 7 heteroatoms. The van der Waals surface area contributed by atoms with Gasteiger partial charge >= 0.3 is 0 Å². The zero-order chi connectivity index (χ0) is 14.0. The molecule has 1 aromatic rings. The van der Waals surface area contributed by atoms with Crippen molar-refractivity contribution in [2.24, 2.45) is 0 Å². The van der Waals surface area contributed by atoms with Crippen molar-refractivity contribution in [2.45, 2.75) is 36.8 Å². The molecule has 108 valence electrons. The first-order chi connectivity index (χ1) is 9.02. The lowest BCUT2D eigenvalue weighted by molar-refractivity contribution is 0.115. The van der Waals surface area contributed by atoms with E-state index in [1.54, 1.807) is 19.4 Å². The maximum atomic E-state index is 12.5. The molecule has 0 N–H and O–H groups in total. The highest BCUT2D eigenvalue weighted by atomic mass is 35.5. The van der Waals surface area contributed by atoms with Gasteiger partial charge < -0.3 is 9.30 Å². The first-order valence-corrected chi connectivity index (χ1v) is 8.28. The summed E-state index contributed by atoms with van der Waals surface area (Å²) in [4.78, 5) is 0.321. The van der Waals surface area contributed by atoms with E-state index < -0.39 is 10.0 Å². The Labute approximate surface area is 119 Å². The molecule has 1 fully saturated rings. The Kier molecular flexibility index (Phi) is 4.55. The van der Waals surface area contributed by atoms with E-state index in [-0.39, 0.29) is 6.10 Å². The molecule has 2 heterocycles. The number of halogens is 1. The van der Waals surface area contributed by atoms with Crippen molar-refractivity contribution in [2.75, 3.05) is 20.2 Å². The van der Waals surface area contributed by atoms with Crippen molar-refractivity contribution in [3.8, 4) is 0 Å². The molecule has 1 saturated heterocycles. The molecule has 1 aliphatic heterocycles. The first-order valence-electron chi connectivity index (χ1n) is 6.30. The number of ether oxygens (including phenoxy) is 1. The van der Waals surface area contributed by atoms with Crippen LogP contribution in [0.1, 0.15) is 19.0 Å². The monoisotopic (exact) mass is 306 g/mol. The van der Waals surface area contributed by atoms with Crippen LogP contribution in [0.5, 0.6) is 0 Å². The summed E-state index contributed by atoms with van der Waals surface area (Å²) >= 11 is 5.83. The van der Waals surface area contributed by atoms with E-state index >= 15 is 0 Å². The van der Waals surface area contributed by atoms with E-state index in [9.17, 15) is 8.42 Å². The SMILES string of the molecule is CCn1cc(S(=O)(=O)N2CCC(OC)C2)cc1CCl. The average Bonchev–Trinajstić information content (AvgIpc) is 3.05. The molecular weight excluding hydrogens is 288 g/mol. The van der Waals surface area contributed by atoms with Crippen LogP contribution in [0.4, 0.5) is 0 Å². The molecule has 0 bridgehead atoms.